The Morgan fingerprint density at radius 2 is 1.96 bits per heavy atom. The SMILES string of the molecule is CCNC(=NCCc1cn2ccccc2n1)N(C)Cc1ccccc1C.I. The van der Waals surface area contributed by atoms with Crippen molar-refractivity contribution >= 4 is 35.6 Å². The second-order valence-corrected chi connectivity index (χ2v) is 6.47. The highest BCUT2D eigenvalue weighted by atomic mass is 127. The molecule has 27 heavy (non-hydrogen) atoms. The minimum atomic E-state index is 0. The third-order valence-electron chi connectivity index (χ3n) is 4.41. The Labute approximate surface area is 178 Å². The fourth-order valence-corrected chi connectivity index (χ4v) is 2.97. The van der Waals surface area contributed by atoms with Crippen molar-refractivity contribution in [2.45, 2.75) is 26.8 Å². The van der Waals surface area contributed by atoms with Gasteiger partial charge in [-0.1, -0.05) is 30.3 Å². The highest BCUT2D eigenvalue weighted by molar-refractivity contribution is 14.0. The smallest absolute Gasteiger partial charge is 0.193 e. The lowest BCUT2D eigenvalue weighted by molar-refractivity contribution is 0.475. The summed E-state index contributed by atoms with van der Waals surface area (Å²) in [6.07, 6.45) is 4.93. The predicted octanol–water partition coefficient (Wildman–Crippen LogP) is 3.90. The lowest BCUT2D eigenvalue weighted by Gasteiger charge is -2.23. The lowest BCUT2D eigenvalue weighted by Crippen LogP contribution is -2.38. The third kappa shape index (κ3) is 5.69. The Hall–Kier alpha value is -2.09. The van der Waals surface area contributed by atoms with Crippen molar-refractivity contribution < 1.29 is 0 Å². The topological polar surface area (TPSA) is 44.9 Å². The van der Waals surface area contributed by atoms with Gasteiger partial charge in [0, 0.05) is 45.5 Å². The fraction of sp³-hybridized carbons (Fsp3) is 0.333. The van der Waals surface area contributed by atoms with Gasteiger partial charge in [0.25, 0.3) is 0 Å². The van der Waals surface area contributed by atoms with E-state index in [9.17, 15) is 0 Å². The Morgan fingerprint density at radius 1 is 1.19 bits per heavy atom. The summed E-state index contributed by atoms with van der Waals surface area (Å²) in [4.78, 5) is 11.6. The van der Waals surface area contributed by atoms with Gasteiger partial charge in [-0.05, 0) is 37.1 Å². The van der Waals surface area contributed by atoms with Crippen LogP contribution in [0.1, 0.15) is 23.7 Å². The molecule has 3 rings (SSSR count). The van der Waals surface area contributed by atoms with Crippen molar-refractivity contribution in [2.75, 3.05) is 20.1 Å². The maximum absolute atomic E-state index is 4.79. The molecule has 3 aromatic rings. The molecule has 2 heterocycles. The molecule has 0 saturated carbocycles. The van der Waals surface area contributed by atoms with Crippen molar-refractivity contribution in [1.82, 2.24) is 19.6 Å². The maximum Gasteiger partial charge on any atom is 0.193 e. The summed E-state index contributed by atoms with van der Waals surface area (Å²) in [5.41, 5.74) is 4.67. The number of halogens is 1. The van der Waals surface area contributed by atoms with Crippen LogP contribution in [0.4, 0.5) is 0 Å². The molecule has 0 bridgehead atoms. The van der Waals surface area contributed by atoms with E-state index in [0.717, 1.165) is 36.8 Å². The van der Waals surface area contributed by atoms with Crippen molar-refractivity contribution in [3.05, 3.63) is 71.7 Å². The van der Waals surface area contributed by atoms with Crippen LogP contribution in [0.15, 0.2) is 59.9 Å². The molecule has 0 spiro atoms. The summed E-state index contributed by atoms with van der Waals surface area (Å²) in [6, 6.07) is 14.5. The minimum absolute atomic E-state index is 0. The van der Waals surface area contributed by atoms with Gasteiger partial charge in [-0.25, -0.2) is 4.98 Å². The van der Waals surface area contributed by atoms with Gasteiger partial charge < -0.3 is 14.6 Å². The fourth-order valence-electron chi connectivity index (χ4n) is 2.97. The van der Waals surface area contributed by atoms with E-state index in [-0.39, 0.29) is 24.0 Å². The molecule has 0 aliphatic rings. The summed E-state index contributed by atoms with van der Waals surface area (Å²) in [5.74, 6) is 0.930. The number of fused-ring (bicyclic) bond motifs is 1. The highest BCUT2D eigenvalue weighted by Gasteiger charge is 2.08. The van der Waals surface area contributed by atoms with Crippen LogP contribution in [-0.2, 0) is 13.0 Å². The van der Waals surface area contributed by atoms with Crippen molar-refractivity contribution in [3.63, 3.8) is 0 Å². The van der Waals surface area contributed by atoms with Crippen LogP contribution in [-0.4, -0.2) is 40.4 Å². The van der Waals surface area contributed by atoms with Crippen LogP contribution in [0.25, 0.3) is 5.65 Å². The second-order valence-electron chi connectivity index (χ2n) is 6.47. The van der Waals surface area contributed by atoms with Crippen molar-refractivity contribution in [3.8, 4) is 0 Å². The van der Waals surface area contributed by atoms with Gasteiger partial charge in [0.15, 0.2) is 5.96 Å². The number of nitrogens with zero attached hydrogens (tertiary/aromatic N) is 4. The maximum atomic E-state index is 4.79. The van der Waals surface area contributed by atoms with Crippen LogP contribution in [0.5, 0.6) is 0 Å². The van der Waals surface area contributed by atoms with Gasteiger partial charge in [-0.2, -0.15) is 0 Å². The first-order valence-electron chi connectivity index (χ1n) is 9.14. The number of imidazole rings is 1. The third-order valence-corrected chi connectivity index (χ3v) is 4.41. The number of aryl methyl sites for hydroxylation is 1. The van der Waals surface area contributed by atoms with E-state index in [1.807, 2.05) is 24.4 Å². The Balaban J connectivity index is 0.00000261. The number of aliphatic imine (C=N–C) groups is 1. The summed E-state index contributed by atoms with van der Waals surface area (Å²) < 4.78 is 2.05. The normalized spacial score (nSPS) is 11.3. The number of guanidine groups is 1. The van der Waals surface area contributed by atoms with Crippen LogP contribution < -0.4 is 5.32 Å². The van der Waals surface area contributed by atoms with Gasteiger partial charge >= 0.3 is 0 Å². The summed E-state index contributed by atoms with van der Waals surface area (Å²) in [5, 5.41) is 3.39. The molecule has 2 aromatic heterocycles. The largest absolute Gasteiger partial charge is 0.357 e. The number of benzene rings is 1. The highest BCUT2D eigenvalue weighted by Crippen LogP contribution is 2.10. The number of nitrogens with one attached hydrogen (secondary N) is 1. The van der Waals surface area contributed by atoms with E-state index in [2.05, 4.69) is 71.0 Å². The molecule has 0 amide bonds. The molecule has 5 nitrogen and oxygen atoms in total. The van der Waals surface area contributed by atoms with E-state index in [0.29, 0.717) is 6.54 Å². The Kier molecular flexibility index (Phi) is 8.09. The average Bonchev–Trinajstić information content (AvgIpc) is 3.05. The molecule has 1 N–H and O–H groups in total. The molecular weight excluding hydrogens is 449 g/mol. The van der Waals surface area contributed by atoms with Crippen LogP contribution in [0.2, 0.25) is 0 Å². The Morgan fingerprint density at radius 3 is 2.70 bits per heavy atom. The number of hydrogen-bond acceptors (Lipinski definition) is 2. The molecule has 0 aliphatic carbocycles. The number of hydrogen-bond donors (Lipinski definition) is 1. The molecule has 0 fully saturated rings. The molecular formula is C21H28IN5. The zero-order valence-corrected chi connectivity index (χ0v) is 18.6. The predicted molar refractivity (Wildman–Crippen MR) is 123 cm³/mol. The van der Waals surface area contributed by atoms with E-state index < -0.39 is 0 Å². The average molecular weight is 477 g/mol. The summed E-state index contributed by atoms with van der Waals surface area (Å²) >= 11 is 0. The first kappa shape index (κ1) is 21.2. The number of pyridine rings is 1. The van der Waals surface area contributed by atoms with Gasteiger partial charge in [0.05, 0.1) is 5.69 Å². The first-order chi connectivity index (χ1) is 12.7. The van der Waals surface area contributed by atoms with Crippen molar-refractivity contribution in [2.24, 2.45) is 4.99 Å². The molecule has 1 aromatic carbocycles. The molecule has 0 unspecified atom stereocenters. The number of aromatic nitrogens is 2. The zero-order chi connectivity index (χ0) is 18.4. The summed E-state index contributed by atoms with van der Waals surface area (Å²) in [6.45, 7) is 6.65. The molecule has 0 radical (unpaired) electrons. The first-order valence-corrected chi connectivity index (χ1v) is 9.14. The molecule has 6 heteroatoms. The molecule has 144 valence electrons. The van der Waals surface area contributed by atoms with Crippen LogP contribution in [0, 0.1) is 6.92 Å². The van der Waals surface area contributed by atoms with E-state index in [1.165, 1.54) is 11.1 Å². The standard InChI is InChI=1S/C21H27N5.HI/c1-4-22-21(25(3)15-18-10-6-5-9-17(18)2)23-13-12-19-16-26-14-8-7-11-20(26)24-19;/h5-11,14,16H,4,12-13,15H2,1-3H3,(H,22,23);1H. The molecule has 0 saturated heterocycles. The molecule has 0 atom stereocenters. The van der Waals surface area contributed by atoms with Crippen molar-refractivity contribution in [1.29, 1.82) is 0 Å². The summed E-state index contributed by atoms with van der Waals surface area (Å²) in [7, 11) is 2.08. The van der Waals surface area contributed by atoms with Gasteiger partial charge in [0.2, 0.25) is 0 Å². The monoisotopic (exact) mass is 477 g/mol. The van der Waals surface area contributed by atoms with E-state index >= 15 is 0 Å². The lowest BCUT2D eigenvalue weighted by atomic mass is 10.1. The number of rotatable bonds is 6. The molecule has 0 aliphatic heterocycles. The van der Waals surface area contributed by atoms with Gasteiger partial charge in [-0.3, -0.25) is 4.99 Å². The van der Waals surface area contributed by atoms with Gasteiger partial charge in [0.1, 0.15) is 5.65 Å². The van der Waals surface area contributed by atoms with Crippen LogP contribution >= 0.6 is 24.0 Å². The second kappa shape index (κ2) is 10.3. The minimum Gasteiger partial charge on any atom is -0.357 e. The van der Waals surface area contributed by atoms with Gasteiger partial charge in [-0.15, -0.1) is 24.0 Å². The quantitative estimate of drug-likeness (QED) is 0.333. The zero-order valence-electron chi connectivity index (χ0n) is 16.2. The Bertz CT molecular complexity index is 854. The van der Waals surface area contributed by atoms with Crippen LogP contribution in [0.3, 0.4) is 0 Å². The van der Waals surface area contributed by atoms with E-state index in [4.69, 9.17) is 4.99 Å². The van der Waals surface area contributed by atoms with E-state index in [1.54, 1.807) is 0 Å².